The van der Waals surface area contributed by atoms with Gasteiger partial charge < -0.3 is 5.11 Å². The van der Waals surface area contributed by atoms with Crippen LogP contribution in [0.25, 0.3) is 0 Å². The lowest BCUT2D eigenvalue weighted by Crippen LogP contribution is -2.28. The number of hydrogen-bond acceptors (Lipinski definition) is 1. The van der Waals surface area contributed by atoms with Gasteiger partial charge in [-0.05, 0) is 13.8 Å². The maximum atomic E-state index is 12.4. The van der Waals surface area contributed by atoms with Crippen LogP contribution >= 0.6 is 0 Å². The van der Waals surface area contributed by atoms with Crippen molar-refractivity contribution in [2.24, 2.45) is 11.3 Å². The highest BCUT2D eigenvalue weighted by atomic mass is 19.3. The van der Waals surface area contributed by atoms with E-state index in [9.17, 15) is 13.6 Å². The number of rotatable bonds is 2. The van der Waals surface area contributed by atoms with Crippen LogP contribution in [0.2, 0.25) is 0 Å². The topological polar surface area (TPSA) is 37.3 Å². The van der Waals surface area contributed by atoms with Crippen LogP contribution < -0.4 is 0 Å². The summed E-state index contributed by atoms with van der Waals surface area (Å²) < 4.78 is 24.8. The van der Waals surface area contributed by atoms with E-state index in [-0.39, 0.29) is 6.42 Å². The van der Waals surface area contributed by atoms with Crippen molar-refractivity contribution in [2.75, 3.05) is 0 Å². The first-order chi connectivity index (χ1) is 4.78. The lowest BCUT2D eigenvalue weighted by molar-refractivity contribution is -0.149. The lowest BCUT2D eigenvalue weighted by Gasteiger charge is -2.17. The molecule has 0 radical (unpaired) electrons. The highest BCUT2D eigenvalue weighted by molar-refractivity contribution is 5.74. The lowest BCUT2D eigenvalue weighted by atomic mass is 9.87. The molecule has 0 aromatic carbocycles. The smallest absolute Gasteiger partial charge is 0.309 e. The summed E-state index contributed by atoms with van der Waals surface area (Å²) in [7, 11) is 0. The van der Waals surface area contributed by atoms with Crippen LogP contribution in [0.5, 0.6) is 0 Å². The quantitative estimate of drug-likeness (QED) is 0.675. The fourth-order valence-electron chi connectivity index (χ4n) is 1.15. The van der Waals surface area contributed by atoms with E-state index in [0.29, 0.717) is 0 Å². The molecule has 0 bridgehead atoms. The first kappa shape index (κ1) is 8.43. The van der Waals surface area contributed by atoms with E-state index in [4.69, 9.17) is 5.11 Å². The molecule has 1 aliphatic carbocycles. The molecular formula is C7H10F2O2. The van der Waals surface area contributed by atoms with Gasteiger partial charge in [0, 0.05) is 12.3 Å². The second-order valence-electron chi connectivity index (χ2n) is 3.54. The van der Waals surface area contributed by atoms with Gasteiger partial charge in [0.05, 0.1) is 5.41 Å². The molecule has 11 heavy (non-hydrogen) atoms. The van der Waals surface area contributed by atoms with Gasteiger partial charge >= 0.3 is 5.97 Å². The largest absolute Gasteiger partial charge is 0.481 e. The number of hydrogen-bond donors (Lipinski definition) is 1. The molecule has 0 spiro atoms. The maximum Gasteiger partial charge on any atom is 0.309 e. The Morgan fingerprint density at radius 1 is 1.64 bits per heavy atom. The zero-order valence-electron chi connectivity index (χ0n) is 6.40. The van der Waals surface area contributed by atoms with Crippen LogP contribution in [0.4, 0.5) is 8.78 Å². The van der Waals surface area contributed by atoms with Crippen LogP contribution in [0.15, 0.2) is 0 Å². The van der Waals surface area contributed by atoms with Gasteiger partial charge in [-0.15, -0.1) is 0 Å². The fourth-order valence-corrected chi connectivity index (χ4v) is 1.15. The predicted molar refractivity (Wildman–Crippen MR) is 34.5 cm³/mol. The number of alkyl halides is 2. The SMILES string of the molecule is CC(C)(C(=O)O)C1CC1(F)F. The van der Waals surface area contributed by atoms with Crippen LogP contribution in [-0.2, 0) is 4.79 Å². The number of carboxylic acids is 1. The second-order valence-corrected chi connectivity index (χ2v) is 3.54. The monoisotopic (exact) mass is 164 g/mol. The summed E-state index contributed by atoms with van der Waals surface area (Å²) >= 11 is 0. The summed E-state index contributed by atoms with van der Waals surface area (Å²) in [4.78, 5) is 10.5. The molecule has 0 aromatic heterocycles. The van der Waals surface area contributed by atoms with E-state index < -0.39 is 23.2 Å². The van der Waals surface area contributed by atoms with E-state index in [1.807, 2.05) is 0 Å². The first-order valence-electron chi connectivity index (χ1n) is 3.39. The molecule has 1 atom stereocenters. The van der Waals surface area contributed by atoms with Crippen molar-refractivity contribution in [1.82, 2.24) is 0 Å². The molecule has 1 saturated carbocycles. The van der Waals surface area contributed by atoms with E-state index in [2.05, 4.69) is 0 Å². The highest BCUT2D eigenvalue weighted by Gasteiger charge is 2.65. The summed E-state index contributed by atoms with van der Waals surface area (Å²) in [5, 5.41) is 8.55. The average Bonchev–Trinajstić information content (AvgIpc) is 2.40. The van der Waals surface area contributed by atoms with E-state index >= 15 is 0 Å². The Kier molecular flexibility index (Phi) is 1.48. The van der Waals surface area contributed by atoms with Crippen LogP contribution in [0, 0.1) is 11.3 Å². The maximum absolute atomic E-state index is 12.4. The number of aliphatic carboxylic acids is 1. The summed E-state index contributed by atoms with van der Waals surface area (Å²) in [5.74, 6) is -4.88. The van der Waals surface area contributed by atoms with Crippen molar-refractivity contribution in [3.8, 4) is 0 Å². The Morgan fingerprint density at radius 3 is 2.09 bits per heavy atom. The second kappa shape index (κ2) is 1.93. The summed E-state index contributed by atoms with van der Waals surface area (Å²) in [6, 6.07) is 0. The van der Waals surface area contributed by atoms with Crippen molar-refractivity contribution in [1.29, 1.82) is 0 Å². The fraction of sp³-hybridized carbons (Fsp3) is 0.857. The Labute approximate surface area is 63.2 Å². The minimum atomic E-state index is -2.75. The molecular weight excluding hydrogens is 154 g/mol. The van der Waals surface area contributed by atoms with Gasteiger partial charge in [-0.3, -0.25) is 4.79 Å². The average molecular weight is 164 g/mol. The molecule has 1 fully saturated rings. The molecule has 64 valence electrons. The number of carbonyl (C=O) groups is 1. The van der Waals surface area contributed by atoms with Crippen LogP contribution in [0.3, 0.4) is 0 Å². The molecule has 1 aliphatic rings. The first-order valence-corrected chi connectivity index (χ1v) is 3.39. The van der Waals surface area contributed by atoms with Crippen molar-refractivity contribution in [2.45, 2.75) is 26.2 Å². The molecule has 4 heteroatoms. The molecule has 0 aromatic rings. The third kappa shape index (κ3) is 1.21. The van der Waals surface area contributed by atoms with Gasteiger partial charge in [-0.2, -0.15) is 0 Å². The van der Waals surface area contributed by atoms with Crippen LogP contribution in [0.1, 0.15) is 20.3 Å². The molecule has 0 saturated heterocycles. The molecule has 1 N–H and O–H groups in total. The Hall–Kier alpha value is -0.670. The molecule has 1 unspecified atom stereocenters. The Morgan fingerprint density at radius 2 is 2.00 bits per heavy atom. The van der Waals surface area contributed by atoms with Gasteiger partial charge in [0.1, 0.15) is 0 Å². The zero-order valence-corrected chi connectivity index (χ0v) is 6.40. The molecule has 0 amide bonds. The van der Waals surface area contributed by atoms with Crippen LogP contribution in [-0.4, -0.2) is 17.0 Å². The Bertz CT molecular complexity index is 199. The van der Waals surface area contributed by atoms with E-state index in [1.54, 1.807) is 0 Å². The minimum Gasteiger partial charge on any atom is -0.481 e. The van der Waals surface area contributed by atoms with Gasteiger partial charge in [0.15, 0.2) is 0 Å². The molecule has 1 rings (SSSR count). The molecule has 2 nitrogen and oxygen atoms in total. The third-order valence-corrected chi connectivity index (χ3v) is 2.25. The molecule has 0 heterocycles. The number of carboxylic acid groups (broad SMARTS) is 1. The standard InChI is InChI=1S/C7H10F2O2/c1-6(2,5(10)11)4-3-7(4,8)9/h4H,3H2,1-2H3,(H,10,11). The van der Waals surface area contributed by atoms with Gasteiger partial charge in [-0.25, -0.2) is 8.78 Å². The molecule has 0 aliphatic heterocycles. The van der Waals surface area contributed by atoms with E-state index in [1.165, 1.54) is 13.8 Å². The summed E-state index contributed by atoms with van der Waals surface area (Å²) in [6.07, 6.45) is -0.285. The minimum absolute atomic E-state index is 0.285. The van der Waals surface area contributed by atoms with Crippen molar-refractivity contribution in [3.63, 3.8) is 0 Å². The number of halogens is 2. The normalized spacial score (nSPS) is 28.2. The zero-order chi connectivity index (χ0) is 8.86. The van der Waals surface area contributed by atoms with Gasteiger partial charge in [0.2, 0.25) is 0 Å². The Balaban J connectivity index is 2.70. The van der Waals surface area contributed by atoms with Gasteiger partial charge in [-0.1, -0.05) is 0 Å². The third-order valence-electron chi connectivity index (χ3n) is 2.25. The van der Waals surface area contributed by atoms with Crippen molar-refractivity contribution >= 4 is 5.97 Å². The highest BCUT2D eigenvalue weighted by Crippen LogP contribution is 2.57. The van der Waals surface area contributed by atoms with Gasteiger partial charge in [0.25, 0.3) is 5.92 Å². The predicted octanol–water partition coefficient (Wildman–Crippen LogP) is 1.75. The van der Waals surface area contributed by atoms with Crippen molar-refractivity contribution in [3.05, 3.63) is 0 Å². The van der Waals surface area contributed by atoms with E-state index in [0.717, 1.165) is 0 Å². The summed E-state index contributed by atoms with van der Waals surface area (Å²) in [6.45, 7) is 2.67. The van der Waals surface area contributed by atoms with Crippen molar-refractivity contribution < 1.29 is 18.7 Å². The summed E-state index contributed by atoms with van der Waals surface area (Å²) in [5.41, 5.74) is -1.29.